The number of ether oxygens (including phenoxy) is 2. The van der Waals surface area contributed by atoms with Crippen LogP contribution >= 0.6 is 46.1 Å². The van der Waals surface area contributed by atoms with Crippen LogP contribution in [0, 0.1) is 30.1 Å². The number of Topliss-reactive ketones (excluding diaryl/α,β-unsaturated/α-hetero) is 1. The van der Waals surface area contributed by atoms with Crippen LogP contribution in [0.1, 0.15) is 91.3 Å². The van der Waals surface area contributed by atoms with Gasteiger partial charge >= 0.3 is 12.1 Å². The van der Waals surface area contributed by atoms with E-state index in [1.165, 1.54) is 0 Å². The van der Waals surface area contributed by atoms with Crippen LogP contribution in [-0.2, 0) is 19.1 Å². The van der Waals surface area contributed by atoms with Gasteiger partial charge < -0.3 is 19.7 Å². The predicted octanol–water partition coefficient (Wildman–Crippen LogP) is 8.59. The van der Waals surface area contributed by atoms with Crippen molar-refractivity contribution < 1.29 is 34.1 Å². The number of aliphatic hydroxyl groups excluding tert-OH is 1. The Morgan fingerprint density at radius 3 is 2.30 bits per heavy atom. The molecule has 0 aliphatic rings. The summed E-state index contributed by atoms with van der Waals surface area (Å²) in [6.45, 7) is 14.0. The number of ketones is 1. The van der Waals surface area contributed by atoms with Crippen molar-refractivity contribution in [3.8, 4) is 0 Å². The monoisotopic (exact) mass is 681 g/mol. The maximum Gasteiger partial charge on any atom is 0.508 e. The van der Waals surface area contributed by atoms with Crippen molar-refractivity contribution in [3.05, 3.63) is 33.3 Å². The Morgan fingerprint density at radius 1 is 1.14 bits per heavy atom. The van der Waals surface area contributed by atoms with Gasteiger partial charge in [-0.2, -0.15) is 0 Å². The van der Waals surface area contributed by atoms with Gasteiger partial charge in [-0.25, -0.2) is 9.78 Å². The number of allylic oxidation sites excluding steroid dienone is 1. The van der Waals surface area contributed by atoms with Gasteiger partial charge in [0.15, 0.2) is 0 Å². The van der Waals surface area contributed by atoms with Crippen LogP contribution in [0.4, 0.5) is 4.79 Å². The van der Waals surface area contributed by atoms with Crippen LogP contribution in [-0.4, -0.2) is 55.7 Å². The van der Waals surface area contributed by atoms with Crippen molar-refractivity contribution in [3.63, 3.8) is 0 Å². The van der Waals surface area contributed by atoms with E-state index in [2.05, 4.69) is 4.98 Å². The topological polar surface area (TPSA) is 123 Å². The minimum atomic E-state index is -1.82. The number of nitrogens with zero attached hydrogens (tertiary/aromatic N) is 1. The largest absolute Gasteiger partial charge is 0.508 e. The minimum absolute atomic E-state index is 0.169. The molecular weight excluding hydrogens is 637 g/mol. The van der Waals surface area contributed by atoms with Crippen molar-refractivity contribution in [2.75, 3.05) is 6.61 Å². The van der Waals surface area contributed by atoms with E-state index >= 15 is 0 Å². The van der Waals surface area contributed by atoms with Crippen LogP contribution in [0.5, 0.6) is 0 Å². The number of aryl methyl sites for hydroxylation is 1. The number of aliphatic carboxylic acids is 1. The Morgan fingerprint density at radius 2 is 1.77 bits per heavy atom. The molecule has 0 amide bonds. The third-order valence-corrected chi connectivity index (χ3v) is 8.98. The number of hydrogen-bond acceptors (Lipinski definition) is 8. The second-order valence-electron chi connectivity index (χ2n) is 12.0. The maximum atomic E-state index is 13.6. The first-order valence-electron chi connectivity index (χ1n) is 14.3. The van der Waals surface area contributed by atoms with Gasteiger partial charge in [-0.15, -0.1) is 11.3 Å². The zero-order valence-electron chi connectivity index (χ0n) is 26.3. The molecule has 5 atom stereocenters. The Hall–Kier alpha value is -1.65. The van der Waals surface area contributed by atoms with Crippen molar-refractivity contribution in [2.45, 2.75) is 103 Å². The molecule has 0 aliphatic heterocycles. The number of carbonyl (C=O) groups is 3. The second-order valence-corrected chi connectivity index (χ2v) is 15.5. The number of thiazole rings is 1. The van der Waals surface area contributed by atoms with Crippen LogP contribution in [0.3, 0.4) is 0 Å². The van der Waals surface area contributed by atoms with E-state index in [9.17, 15) is 24.6 Å². The summed E-state index contributed by atoms with van der Waals surface area (Å²) in [5, 5.41) is 22.8. The molecule has 3 unspecified atom stereocenters. The average Bonchev–Trinajstić information content (AvgIpc) is 3.31. The third-order valence-electron chi connectivity index (χ3n) is 7.86. The first kappa shape index (κ1) is 39.4. The molecule has 0 bridgehead atoms. The molecule has 2 N–H and O–H groups in total. The van der Waals surface area contributed by atoms with E-state index in [4.69, 9.17) is 44.3 Å². The van der Waals surface area contributed by atoms with Crippen LogP contribution in [0.25, 0.3) is 6.08 Å². The van der Waals surface area contributed by atoms with Crippen molar-refractivity contribution in [2.24, 2.45) is 23.2 Å². The number of aliphatic hydroxyl groups is 1. The Labute approximate surface area is 274 Å². The fourth-order valence-corrected chi connectivity index (χ4v) is 5.47. The van der Waals surface area contributed by atoms with Crippen LogP contribution < -0.4 is 0 Å². The molecule has 0 saturated carbocycles. The Balaban J connectivity index is 2.91. The van der Waals surface area contributed by atoms with E-state index in [0.29, 0.717) is 12.8 Å². The summed E-state index contributed by atoms with van der Waals surface area (Å²) >= 11 is 18.6. The van der Waals surface area contributed by atoms with Gasteiger partial charge in [0.1, 0.15) is 18.5 Å². The number of carboxylic acid groups (broad SMARTS) is 1. The lowest BCUT2D eigenvalue weighted by Gasteiger charge is -2.36. The molecule has 12 heteroatoms. The molecule has 244 valence electrons. The number of halogens is 3. The first-order valence-corrected chi connectivity index (χ1v) is 16.4. The van der Waals surface area contributed by atoms with E-state index < -0.39 is 52.0 Å². The molecule has 0 aliphatic carbocycles. The number of hydrogen-bond donors (Lipinski definition) is 2. The van der Waals surface area contributed by atoms with Gasteiger partial charge in [-0.3, -0.25) is 9.59 Å². The van der Waals surface area contributed by atoms with E-state index in [0.717, 1.165) is 34.7 Å². The Kier molecular flexibility index (Phi) is 16.2. The van der Waals surface area contributed by atoms with Gasteiger partial charge in [0.2, 0.25) is 3.79 Å². The summed E-state index contributed by atoms with van der Waals surface area (Å²) in [5.41, 5.74) is 1.81. The summed E-state index contributed by atoms with van der Waals surface area (Å²) in [6, 6.07) is 0. The minimum Gasteiger partial charge on any atom is -0.481 e. The number of carboxylic acids is 1. The molecule has 1 aromatic heterocycles. The summed E-state index contributed by atoms with van der Waals surface area (Å²) < 4.78 is 8.78. The van der Waals surface area contributed by atoms with Crippen molar-refractivity contribution in [1.29, 1.82) is 0 Å². The summed E-state index contributed by atoms with van der Waals surface area (Å²) in [5.74, 6) is -2.64. The SMILES string of the molecule is C/C(=C/C[C@H](O)/C(C)=C/c1csc(C)n1)CCCC(C)C(OC(=O)OCC(Cl)(Cl)Cl)C(C)C(=O)C(C)(C)[C@@H](C)CC(=O)O. The average molecular weight is 683 g/mol. The normalized spacial score (nSPS) is 16.7. The lowest BCUT2D eigenvalue weighted by Crippen LogP contribution is -2.44. The maximum absolute atomic E-state index is 13.6. The smallest absolute Gasteiger partial charge is 0.481 e. The highest BCUT2D eigenvalue weighted by Gasteiger charge is 2.42. The quantitative estimate of drug-likeness (QED) is 0.0952. The molecule has 0 saturated heterocycles. The first-order chi connectivity index (χ1) is 19.7. The van der Waals surface area contributed by atoms with Crippen LogP contribution in [0.15, 0.2) is 22.6 Å². The Bertz CT molecular complexity index is 1140. The highest BCUT2D eigenvalue weighted by molar-refractivity contribution is 7.09. The standard InChI is InChI=1S/C31H46Cl3NO7S/c1-18(12-13-25(36)20(3)14-24-16-43-23(6)35-24)10-9-11-19(2)27(42-29(40)41-17-31(32,33)34)22(5)28(39)30(7,8)21(4)15-26(37)38/h12,14,16,19,21-22,25,27,36H,9-11,13,15,17H2,1-8H3,(H,37,38)/b18-12-,20-14+/t19?,21-,22?,25-,27?/m0/s1. The lowest BCUT2D eigenvalue weighted by molar-refractivity contribution is -0.143. The van der Waals surface area contributed by atoms with Gasteiger partial charge in [0.25, 0.3) is 0 Å². The summed E-state index contributed by atoms with van der Waals surface area (Å²) in [6.07, 6.45) is 3.81. The van der Waals surface area contributed by atoms with E-state index in [-0.39, 0.29) is 18.1 Å². The third kappa shape index (κ3) is 14.3. The van der Waals surface area contributed by atoms with Gasteiger partial charge in [0.05, 0.1) is 22.7 Å². The van der Waals surface area contributed by atoms with Gasteiger partial charge in [-0.05, 0) is 69.9 Å². The van der Waals surface area contributed by atoms with E-state index in [1.54, 1.807) is 39.0 Å². The molecule has 1 aromatic rings. The predicted molar refractivity (Wildman–Crippen MR) is 174 cm³/mol. The molecule has 43 heavy (non-hydrogen) atoms. The fourth-order valence-electron chi connectivity index (χ4n) is 4.74. The fraction of sp³-hybridized carbons (Fsp3) is 0.677. The summed E-state index contributed by atoms with van der Waals surface area (Å²) in [4.78, 5) is 41.8. The van der Waals surface area contributed by atoms with E-state index in [1.807, 2.05) is 45.2 Å². The molecule has 1 heterocycles. The lowest BCUT2D eigenvalue weighted by atomic mass is 9.69. The number of alkyl halides is 3. The molecule has 8 nitrogen and oxygen atoms in total. The number of carbonyl (C=O) groups excluding carboxylic acids is 2. The second kappa shape index (κ2) is 17.7. The molecule has 0 fully saturated rings. The van der Waals surface area contributed by atoms with Gasteiger partial charge in [-0.1, -0.05) is 81.1 Å². The summed E-state index contributed by atoms with van der Waals surface area (Å²) in [7, 11) is 0. The molecule has 0 spiro atoms. The van der Waals surface area contributed by atoms with Crippen LogP contribution in [0.2, 0.25) is 0 Å². The van der Waals surface area contributed by atoms with Crippen molar-refractivity contribution >= 4 is 70.1 Å². The zero-order valence-corrected chi connectivity index (χ0v) is 29.4. The van der Waals surface area contributed by atoms with Crippen molar-refractivity contribution in [1.82, 2.24) is 4.98 Å². The van der Waals surface area contributed by atoms with Gasteiger partial charge in [0, 0.05) is 17.2 Å². The molecule has 0 aromatic carbocycles. The highest BCUT2D eigenvalue weighted by Crippen LogP contribution is 2.36. The zero-order chi connectivity index (χ0) is 33.1. The molecule has 1 rings (SSSR count). The molecule has 0 radical (unpaired) electrons. The highest BCUT2D eigenvalue weighted by atomic mass is 35.6. The number of rotatable bonds is 17. The number of aromatic nitrogens is 1. The molecular formula is C31H46Cl3NO7S.